The number of hydrogen-bond acceptors (Lipinski definition) is 3. The lowest BCUT2D eigenvalue weighted by molar-refractivity contribution is 0.0890. The van der Waals surface area contributed by atoms with Gasteiger partial charge in [-0.05, 0) is 56.0 Å². The summed E-state index contributed by atoms with van der Waals surface area (Å²) in [5, 5.41) is 12.2. The smallest absolute Gasteiger partial charge is 0.254 e. The molecule has 3 rings (SSSR count). The van der Waals surface area contributed by atoms with E-state index in [4.69, 9.17) is 21.6 Å². The van der Waals surface area contributed by atoms with Gasteiger partial charge in [0.1, 0.15) is 17.6 Å². The fourth-order valence-corrected chi connectivity index (χ4v) is 3.66. The third-order valence-corrected chi connectivity index (χ3v) is 5.35. The molecule has 7 heteroatoms. The maximum Gasteiger partial charge on any atom is 0.254 e. The van der Waals surface area contributed by atoms with Gasteiger partial charge >= 0.3 is 0 Å². The molecule has 0 atom stereocenters. The van der Waals surface area contributed by atoms with Gasteiger partial charge in [0.15, 0.2) is 0 Å². The maximum absolute atomic E-state index is 13.9. The van der Waals surface area contributed by atoms with Crippen molar-refractivity contribution in [3.05, 3.63) is 62.8 Å². The van der Waals surface area contributed by atoms with E-state index in [9.17, 15) is 9.18 Å². The first-order valence-electron chi connectivity index (χ1n) is 8.58. The normalized spacial score (nSPS) is 19.2. The van der Waals surface area contributed by atoms with Gasteiger partial charge < -0.3 is 10.1 Å². The summed E-state index contributed by atoms with van der Waals surface area (Å²) in [4.78, 5) is 12.3. The minimum atomic E-state index is -0.545. The van der Waals surface area contributed by atoms with E-state index in [0.717, 1.165) is 25.7 Å². The van der Waals surface area contributed by atoms with Crippen LogP contribution in [0.4, 0.5) is 4.39 Å². The number of halogens is 3. The molecule has 1 aliphatic carbocycles. The first-order chi connectivity index (χ1) is 13.0. The van der Waals surface area contributed by atoms with Crippen LogP contribution >= 0.6 is 27.5 Å². The third-order valence-electron chi connectivity index (χ3n) is 4.55. The zero-order valence-corrected chi connectivity index (χ0v) is 16.7. The largest absolute Gasteiger partial charge is 0.490 e. The average Bonchev–Trinajstić information content (AvgIpc) is 2.63. The molecule has 1 fully saturated rings. The molecule has 0 aromatic heterocycles. The number of nitriles is 1. The number of nitrogens with one attached hydrogen (secondary N) is 1. The Hall–Kier alpha value is -2.10. The summed E-state index contributed by atoms with van der Waals surface area (Å²) < 4.78 is 20.4. The van der Waals surface area contributed by atoms with E-state index in [1.54, 1.807) is 24.3 Å². The van der Waals surface area contributed by atoms with Gasteiger partial charge in [0.05, 0.1) is 22.3 Å². The van der Waals surface area contributed by atoms with Gasteiger partial charge in [-0.25, -0.2) is 4.39 Å². The Labute approximate surface area is 170 Å². The molecule has 0 heterocycles. The highest BCUT2D eigenvalue weighted by Gasteiger charge is 2.25. The number of hydrogen-bond donors (Lipinski definition) is 1. The average molecular weight is 452 g/mol. The molecule has 2 aromatic carbocycles. The second-order valence-corrected chi connectivity index (χ2v) is 7.77. The van der Waals surface area contributed by atoms with Crippen LogP contribution in [0.2, 0.25) is 5.02 Å². The summed E-state index contributed by atoms with van der Waals surface area (Å²) in [5.41, 5.74) is 0.458. The van der Waals surface area contributed by atoms with Crippen molar-refractivity contribution >= 4 is 33.4 Å². The van der Waals surface area contributed by atoms with E-state index in [-0.39, 0.29) is 17.7 Å². The van der Waals surface area contributed by atoms with Crippen LogP contribution in [-0.2, 0) is 0 Å². The second kappa shape index (κ2) is 8.73. The minimum Gasteiger partial charge on any atom is -0.490 e. The van der Waals surface area contributed by atoms with Crippen molar-refractivity contribution in [2.45, 2.75) is 37.8 Å². The maximum atomic E-state index is 13.9. The van der Waals surface area contributed by atoms with Crippen molar-refractivity contribution in [1.82, 2.24) is 5.32 Å². The topological polar surface area (TPSA) is 62.1 Å². The van der Waals surface area contributed by atoms with E-state index >= 15 is 0 Å². The lowest BCUT2D eigenvalue weighted by atomic mass is 9.92. The molecule has 0 unspecified atom stereocenters. The molecule has 1 N–H and O–H groups in total. The van der Waals surface area contributed by atoms with Crippen LogP contribution in [0.25, 0.3) is 0 Å². The number of carbonyl (C=O) groups is 1. The van der Waals surface area contributed by atoms with E-state index < -0.39 is 11.7 Å². The van der Waals surface area contributed by atoms with Gasteiger partial charge in [0.25, 0.3) is 5.91 Å². The van der Waals surface area contributed by atoms with E-state index in [1.807, 2.05) is 6.07 Å². The first kappa shape index (κ1) is 19.7. The highest BCUT2D eigenvalue weighted by Crippen LogP contribution is 2.27. The predicted molar refractivity (Wildman–Crippen MR) is 104 cm³/mol. The van der Waals surface area contributed by atoms with Crippen LogP contribution in [0.1, 0.15) is 41.6 Å². The monoisotopic (exact) mass is 450 g/mol. The Kier molecular flexibility index (Phi) is 6.35. The first-order valence-corrected chi connectivity index (χ1v) is 9.75. The summed E-state index contributed by atoms with van der Waals surface area (Å²) in [7, 11) is 0. The Balaban J connectivity index is 1.52. The molecule has 2 aromatic rings. The van der Waals surface area contributed by atoms with Gasteiger partial charge in [0.2, 0.25) is 0 Å². The standard InChI is InChI=1S/C20H17BrClFN2O2/c21-13-2-8-17(19(23)9-13)20(26)25-14-3-6-15(7-4-14)27-16-5-1-12(11-24)18(22)10-16/h1-2,5,8-10,14-15H,3-4,6-7H2,(H,25,26). The number of ether oxygens (including phenoxy) is 1. The van der Waals surface area contributed by atoms with Crippen molar-refractivity contribution in [2.75, 3.05) is 0 Å². The molecular formula is C20H17BrClFN2O2. The highest BCUT2D eigenvalue weighted by atomic mass is 79.9. The predicted octanol–water partition coefficient (Wildman–Crippen LogP) is 5.23. The number of rotatable bonds is 4. The minimum absolute atomic E-state index is 0.00931. The van der Waals surface area contributed by atoms with Crippen molar-refractivity contribution in [2.24, 2.45) is 0 Å². The Bertz CT molecular complexity index is 892. The van der Waals surface area contributed by atoms with Crippen molar-refractivity contribution < 1.29 is 13.9 Å². The Morgan fingerprint density at radius 2 is 1.96 bits per heavy atom. The van der Waals surface area contributed by atoms with Crippen LogP contribution in [0.3, 0.4) is 0 Å². The summed E-state index contributed by atoms with van der Waals surface area (Å²) in [6.45, 7) is 0. The summed E-state index contributed by atoms with van der Waals surface area (Å²) >= 11 is 9.21. The zero-order chi connectivity index (χ0) is 19.4. The van der Waals surface area contributed by atoms with Crippen molar-refractivity contribution in [3.63, 3.8) is 0 Å². The van der Waals surface area contributed by atoms with Crippen LogP contribution in [0.15, 0.2) is 40.9 Å². The third kappa shape index (κ3) is 5.00. The number of carbonyl (C=O) groups excluding carboxylic acids is 1. The van der Waals surface area contributed by atoms with Gasteiger partial charge in [-0.1, -0.05) is 27.5 Å². The molecule has 1 aliphatic rings. The fraction of sp³-hybridized carbons (Fsp3) is 0.300. The fourth-order valence-electron chi connectivity index (χ4n) is 3.11. The number of benzene rings is 2. The molecule has 1 amide bonds. The SMILES string of the molecule is N#Cc1ccc(OC2CCC(NC(=O)c3ccc(Br)cc3F)CC2)cc1Cl. The van der Waals surface area contributed by atoms with Crippen LogP contribution in [0.5, 0.6) is 5.75 Å². The molecule has 0 saturated heterocycles. The van der Waals surface area contributed by atoms with Crippen LogP contribution in [-0.4, -0.2) is 18.1 Å². The molecule has 27 heavy (non-hydrogen) atoms. The molecule has 0 radical (unpaired) electrons. The van der Waals surface area contributed by atoms with Gasteiger partial charge in [-0.2, -0.15) is 5.26 Å². The summed E-state index contributed by atoms with van der Waals surface area (Å²) in [6.07, 6.45) is 3.06. The zero-order valence-electron chi connectivity index (χ0n) is 14.3. The van der Waals surface area contributed by atoms with Gasteiger partial charge in [-0.3, -0.25) is 4.79 Å². The van der Waals surface area contributed by atoms with Crippen molar-refractivity contribution in [3.8, 4) is 11.8 Å². The van der Waals surface area contributed by atoms with Crippen molar-refractivity contribution in [1.29, 1.82) is 5.26 Å². The Morgan fingerprint density at radius 1 is 1.22 bits per heavy atom. The highest BCUT2D eigenvalue weighted by molar-refractivity contribution is 9.10. The van der Waals surface area contributed by atoms with E-state index in [0.29, 0.717) is 20.8 Å². The van der Waals surface area contributed by atoms with Gasteiger partial charge in [-0.15, -0.1) is 0 Å². The molecule has 0 spiro atoms. The molecule has 0 bridgehead atoms. The molecule has 0 aliphatic heterocycles. The Morgan fingerprint density at radius 3 is 2.59 bits per heavy atom. The van der Waals surface area contributed by atoms with Crippen LogP contribution < -0.4 is 10.1 Å². The quantitative estimate of drug-likeness (QED) is 0.692. The lowest BCUT2D eigenvalue weighted by Crippen LogP contribution is -2.40. The number of nitrogens with zero attached hydrogens (tertiary/aromatic N) is 1. The second-order valence-electron chi connectivity index (χ2n) is 6.44. The number of amides is 1. The lowest BCUT2D eigenvalue weighted by Gasteiger charge is -2.29. The van der Waals surface area contributed by atoms with Gasteiger partial charge in [0, 0.05) is 16.6 Å². The van der Waals surface area contributed by atoms with Crippen LogP contribution in [0, 0.1) is 17.1 Å². The molecule has 140 valence electrons. The summed E-state index contributed by atoms with van der Waals surface area (Å²) in [5.74, 6) is -0.316. The van der Waals surface area contributed by atoms with E-state index in [1.165, 1.54) is 12.1 Å². The molecule has 1 saturated carbocycles. The van der Waals surface area contributed by atoms with E-state index in [2.05, 4.69) is 21.2 Å². The molecular weight excluding hydrogens is 435 g/mol. The summed E-state index contributed by atoms with van der Waals surface area (Å²) in [6, 6.07) is 11.4. The molecule has 4 nitrogen and oxygen atoms in total.